The highest BCUT2D eigenvalue weighted by molar-refractivity contribution is 5.79. The van der Waals surface area contributed by atoms with Crippen LogP contribution in [0.3, 0.4) is 0 Å². The molecule has 146 valence electrons. The summed E-state index contributed by atoms with van der Waals surface area (Å²) in [5.41, 5.74) is 0.703. The molecule has 27 heavy (non-hydrogen) atoms. The van der Waals surface area contributed by atoms with Crippen LogP contribution in [0.5, 0.6) is 0 Å². The van der Waals surface area contributed by atoms with Crippen molar-refractivity contribution in [3.05, 3.63) is 35.9 Å². The Bertz CT molecular complexity index is 687. The van der Waals surface area contributed by atoms with Crippen LogP contribution in [0.15, 0.2) is 30.3 Å². The lowest BCUT2D eigenvalue weighted by Gasteiger charge is -2.35. The van der Waals surface area contributed by atoms with Gasteiger partial charge in [-0.05, 0) is 24.3 Å². The largest absolute Gasteiger partial charge is 0.481 e. The molecule has 0 radical (unpaired) electrons. The Hall–Kier alpha value is -1.92. The molecule has 3 aliphatic rings. The van der Waals surface area contributed by atoms with E-state index in [1.165, 1.54) is 5.56 Å². The topological polar surface area (TPSA) is 64.1 Å². The molecule has 2 heterocycles. The van der Waals surface area contributed by atoms with Crippen molar-refractivity contribution in [1.82, 2.24) is 14.7 Å². The maximum absolute atomic E-state index is 12.7. The predicted octanol–water partition coefficient (Wildman–Crippen LogP) is 1.52. The van der Waals surface area contributed by atoms with Gasteiger partial charge in [-0.1, -0.05) is 36.8 Å². The van der Waals surface area contributed by atoms with Gasteiger partial charge in [-0.3, -0.25) is 19.4 Å². The molecule has 4 rings (SSSR count). The average molecular weight is 371 g/mol. The number of hydrogen-bond donors (Lipinski definition) is 1. The zero-order valence-corrected chi connectivity index (χ0v) is 15.8. The van der Waals surface area contributed by atoms with Crippen molar-refractivity contribution in [2.24, 2.45) is 11.3 Å². The number of carbonyl (C=O) groups excluding carboxylic acids is 1. The summed E-state index contributed by atoms with van der Waals surface area (Å²) in [7, 11) is 0. The van der Waals surface area contributed by atoms with Crippen LogP contribution in [0, 0.1) is 11.3 Å². The molecule has 0 spiro atoms. The van der Waals surface area contributed by atoms with Gasteiger partial charge in [0.15, 0.2) is 0 Å². The molecule has 1 aromatic rings. The summed E-state index contributed by atoms with van der Waals surface area (Å²) in [5.74, 6) is -0.310. The molecule has 6 nitrogen and oxygen atoms in total. The molecule has 2 saturated heterocycles. The Kier molecular flexibility index (Phi) is 5.19. The number of likely N-dealkylation sites (tertiary alicyclic amines) is 1. The smallest absolute Gasteiger partial charge is 0.311 e. The Morgan fingerprint density at radius 2 is 1.81 bits per heavy atom. The quantitative estimate of drug-likeness (QED) is 0.850. The van der Waals surface area contributed by atoms with E-state index >= 15 is 0 Å². The number of nitrogens with zero attached hydrogens (tertiary/aromatic N) is 3. The third-order valence-electron chi connectivity index (χ3n) is 6.70. The lowest BCUT2D eigenvalue weighted by Crippen LogP contribution is -2.51. The standard InChI is InChI=1S/C21H29N3O3/c25-19(15-23-14-18-7-4-8-21(18,16-23)20(26)27)24-11-9-22(10-12-24)13-17-5-2-1-3-6-17/h1-3,5-6,18H,4,7-16H2,(H,26,27)/t18-,21+/m0/s1. The molecule has 0 unspecified atom stereocenters. The van der Waals surface area contributed by atoms with E-state index in [2.05, 4.69) is 34.1 Å². The average Bonchev–Trinajstić information content (AvgIpc) is 3.21. The minimum Gasteiger partial charge on any atom is -0.481 e. The van der Waals surface area contributed by atoms with E-state index in [0.717, 1.165) is 58.5 Å². The molecule has 1 N–H and O–H groups in total. The molecule has 0 bridgehead atoms. The summed E-state index contributed by atoms with van der Waals surface area (Å²) in [4.78, 5) is 30.9. The fraction of sp³-hybridized carbons (Fsp3) is 0.619. The normalized spacial score (nSPS) is 29.0. The fourth-order valence-electron chi connectivity index (χ4n) is 5.15. The molecule has 2 atom stereocenters. The SMILES string of the molecule is O=C(CN1C[C@@H]2CCC[C@@]2(C(=O)O)C1)N1CCN(Cc2ccccc2)CC1. The number of hydrogen-bond acceptors (Lipinski definition) is 4. The first-order valence-electron chi connectivity index (χ1n) is 10.1. The van der Waals surface area contributed by atoms with E-state index in [4.69, 9.17) is 0 Å². The minimum absolute atomic E-state index is 0.148. The van der Waals surface area contributed by atoms with Crippen LogP contribution in [-0.4, -0.2) is 77.5 Å². The number of carboxylic acids is 1. The summed E-state index contributed by atoms with van der Waals surface area (Å²) in [6.07, 6.45) is 2.74. The van der Waals surface area contributed by atoms with E-state index in [1.54, 1.807) is 0 Å². The Morgan fingerprint density at radius 3 is 2.48 bits per heavy atom. The number of rotatable bonds is 5. The van der Waals surface area contributed by atoms with Crippen LogP contribution in [0.25, 0.3) is 0 Å². The highest BCUT2D eigenvalue weighted by Crippen LogP contribution is 2.48. The third-order valence-corrected chi connectivity index (χ3v) is 6.70. The van der Waals surface area contributed by atoms with Gasteiger partial charge in [0.2, 0.25) is 5.91 Å². The lowest BCUT2D eigenvalue weighted by atomic mass is 9.81. The van der Waals surface area contributed by atoms with Crippen molar-refractivity contribution in [2.45, 2.75) is 25.8 Å². The van der Waals surface area contributed by atoms with Crippen LogP contribution in [0.1, 0.15) is 24.8 Å². The molecule has 3 fully saturated rings. The van der Waals surface area contributed by atoms with Crippen LogP contribution in [-0.2, 0) is 16.1 Å². The highest BCUT2D eigenvalue weighted by atomic mass is 16.4. The molecular formula is C21H29N3O3. The summed E-state index contributed by atoms with van der Waals surface area (Å²) in [5, 5.41) is 9.70. The number of piperazine rings is 1. The fourth-order valence-corrected chi connectivity index (χ4v) is 5.15. The number of carbonyl (C=O) groups is 2. The van der Waals surface area contributed by atoms with Gasteiger partial charge in [-0.25, -0.2) is 0 Å². The summed E-state index contributed by atoms with van der Waals surface area (Å²) in [6.45, 7) is 5.88. The van der Waals surface area contributed by atoms with Gasteiger partial charge in [-0.2, -0.15) is 0 Å². The van der Waals surface area contributed by atoms with Crippen LogP contribution < -0.4 is 0 Å². The maximum atomic E-state index is 12.7. The monoisotopic (exact) mass is 371 g/mol. The van der Waals surface area contributed by atoms with Crippen molar-refractivity contribution in [3.8, 4) is 0 Å². The highest BCUT2D eigenvalue weighted by Gasteiger charge is 2.54. The summed E-state index contributed by atoms with van der Waals surface area (Å²) >= 11 is 0. The first kappa shape index (κ1) is 18.4. The van der Waals surface area contributed by atoms with Gasteiger partial charge in [0, 0.05) is 45.8 Å². The van der Waals surface area contributed by atoms with E-state index in [0.29, 0.717) is 13.1 Å². The van der Waals surface area contributed by atoms with Crippen molar-refractivity contribution in [3.63, 3.8) is 0 Å². The Balaban J connectivity index is 1.26. The predicted molar refractivity (Wildman–Crippen MR) is 102 cm³/mol. The Morgan fingerprint density at radius 1 is 1.07 bits per heavy atom. The zero-order valence-electron chi connectivity index (χ0n) is 15.8. The van der Waals surface area contributed by atoms with Crippen molar-refractivity contribution < 1.29 is 14.7 Å². The minimum atomic E-state index is -0.672. The van der Waals surface area contributed by atoms with Gasteiger partial charge in [0.25, 0.3) is 0 Å². The molecule has 1 aromatic carbocycles. The molecule has 0 aromatic heterocycles. The van der Waals surface area contributed by atoms with Gasteiger partial charge >= 0.3 is 5.97 Å². The van der Waals surface area contributed by atoms with E-state index < -0.39 is 11.4 Å². The maximum Gasteiger partial charge on any atom is 0.311 e. The van der Waals surface area contributed by atoms with E-state index in [-0.39, 0.29) is 11.8 Å². The van der Waals surface area contributed by atoms with Crippen molar-refractivity contribution >= 4 is 11.9 Å². The first-order chi connectivity index (χ1) is 13.1. The van der Waals surface area contributed by atoms with Gasteiger partial charge in [-0.15, -0.1) is 0 Å². The van der Waals surface area contributed by atoms with Crippen LogP contribution in [0.2, 0.25) is 0 Å². The lowest BCUT2D eigenvalue weighted by molar-refractivity contribution is -0.149. The molecule has 1 amide bonds. The molecule has 6 heteroatoms. The second kappa shape index (κ2) is 7.60. The Labute approximate surface area is 160 Å². The number of amides is 1. The molecular weight excluding hydrogens is 342 g/mol. The molecule has 1 saturated carbocycles. The van der Waals surface area contributed by atoms with Crippen molar-refractivity contribution in [2.75, 3.05) is 45.8 Å². The van der Waals surface area contributed by atoms with Crippen molar-refractivity contribution in [1.29, 1.82) is 0 Å². The molecule has 1 aliphatic carbocycles. The number of carboxylic acid groups (broad SMARTS) is 1. The van der Waals surface area contributed by atoms with Crippen LogP contribution in [0.4, 0.5) is 0 Å². The van der Waals surface area contributed by atoms with Gasteiger partial charge in [0.05, 0.1) is 12.0 Å². The third kappa shape index (κ3) is 3.73. The second-order valence-corrected chi connectivity index (χ2v) is 8.36. The first-order valence-corrected chi connectivity index (χ1v) is 10.1. The number of aliphatic carboxylic acids is 1. The van der Waals surface area contributed by atoms with Gasteiger partial charge in [0.1, 0.15) is 0 Å². The molecule has 2 aliphatic heterocycles. The zero-order chi connectivity index (χ0) is 18.9. The van der Waals surface area contributed by atoms with E-state index in [9.17, 15) is 14.7 Å². The number of benzene rings is 1. The summed E-state index contributed by atoms with van der Waals surface area (Å²) in [6, 6.07) is 10.4. The van der Waals surface area contributed by atoms with Crippen LogP contribution >= 0.6 is 0 Å². The second-order valence-electron chi connectivity index (χ2n) is 8.36. The summed E-state index contributed by atoms with van der Waals surface area (Å²) < 4.78 is 0. The van der Waals surface area contributed by atoms with E-state index in [1.807, 2.05) is 11.0 Å². The van der Waals surface area contributed by atoms with Gasteiger partial charge < -0.3 is 10.0 Å². The number of fused-ring (bicyclic) bond motifs is 1.